The molecule has 126 valence electrons. The maximum atomic E-state index is 12.8. The van der Waals surface area contributed by atoms with Gasteiger partial charge in [-0.05, 0) is 5.92 Å². The lowest BCUT2D eigenvalue weighted by Gasteiger charge is -2.39. The number of aliphatic hydroxyl groups excluding tert-OH is 1. The first kappa shape index (κ1) is 16.3. The van der Waals surface area contributed by atoms with Crippen LogP contribution in [0.25, 0.3) is 0 Å². The summed E-state index contributed by atoms with van der Waals surface area (Å²) in [6.45, 7) is 7.31. The molecule has 0 spiro atoms. The fourth-order valence-corrected chi connectivity index (χ4v) is 5.05. The van der Waals surface area contributed by atoms with Gasteiger partial charge in [0.25, 0.3) is 0 Å². The Hall–Kier alpha value is -1.53. The zero-order valence-electron chi connectivity index (χ0n) is 13.5. The van der Waals surface area contributed by atoms with Crippen molar-refractivity contribution in [3.8, 4) is 0 Å². The molecule has 8 unspecified atom stereocenters. The molecule has 3 rings (SSSR count). The number of ether oxygens (including phenoxy) is 2. The summed E-state index contributed by atoms with van der Waals surface area (Å²) in [5.41, 5.74) is -0.840. The number of hydrogen-bond acceptors (Lipinski definition) is 6. The van der Waals surface area contributed by atoms with Crippen LogP contribution in [0.15, 0.2) is 12.2 Å². The Labute approximate surface area is 134 Å². The van der Waals surface area contributed by atoms with Crippen LogP contribution in [0, 0.1) is 29.1 Å². The van der Waals surface area contributed by atoms with E-state index in [0.29, 0.717) is 0 Å². The van der Waals surface area contributed by atoms with E-state index in [1.807, 2.05) is 6.92 Å². The normalized spacial score (nSPS) is 49.4. The predicted molar refractivity (Wildman–Crippen MR) is 79.3 cm³/mol. The number of hydrogen-bond donors (Lipinski definition) is 1. The van der Waals surface area contributed by atoms with E-state index in [9.17, 15) is 19.5 Å². The molecule has 2 aliphatic carbocycles. The number of fused-ring (bicyclic) bond motifs is 2. The molecular weight excluding hydrogens is 300 g/mol. The number of ketones is 1. The van der Waals surface area contributed by atoms with Crippen molar-refractivity contribution < 1.29 is 29.0 Å². The summed E-state index contributed by atoms with van der Waals surface area (Å²) in [6.07, 6.45) is -1.24. The van der Waals surface area contributed by atoms with E-state index in [-0.39, 0.29) is 35.7 Å². The first-order chi connectivity index (χ1) is 10.8. The Morgan fingerprint density at radius 2 is 2.09 bits per heavy atom. The van der Waals surface area contributed by atoms with Gasteiger partial charge >= 0.3 is 5.97 Å². The highest BCUT2D eigenvalue weighted by Crippen LogP contribution is 2.58. The van der Waals surface area contributed by atoms with E-state index in [0.717, 1.165) is 6.29 Å². The molecule has 1 aliphatic heterocycles. The molecular formula is C17H22O6. The SMILES string of the molecule is C=C1C(=O)OC2C(O)C(C)C3C(OC)CC(=O)C3(C)C(C=O)C12. The molecule has 1 saturated heterocycles. The van der Waals surface area contributed by atoms with E-state index in [1.165, 1.54) is 7.11 Å². The van der Waals surface area contributed by atoms with E-state index >= 15 is 0 Å². The van der Waals surface area contributed by atoms with Gasteiger partial charge < -0.3 is 19.4 Å². The third-order valence-electron chi connectivity index (χ3n) is 6.31. The average molecular weight is 322 g/mol. The van der Waals surface area contributed by atoms with Crippen LogP contribution in [0.4, 0.5) is 0 Å². The van der Waals surface area contributed by atoms with Crippen LogP contribution < -0.4 is 0 Å². The fraction of sp³-hybridized carbons (Fsp3) is 0.706. The Morgan fingerprint density at radius 1 is 1.43 bits per heavy atom. The first-order valence-corrected chi connectivity index (χ1v) is 7.88. The fourth-order valence-electron chi connectivity index (χ4n) is 5.05. The summed E-state index contributed by atoms with van der Waals surface area (Å²) in [5.74, 6) is -2.78. The van der Waals surface area contributed by atoms with Gasteiger partial charge in [-0.25, -0.2) is 4.79 Å². The molecule has 8 atom stereocenters. The molecule has 0 bridgehead atoms. The van der Waals surface area contributed by atoms with Gasteiger partial charge in [-0.2, -0.15) is 0 Å². The van der Waals surface area contributed by atoms with Crippen molar-refractivity contribution in [3.63, 3.8) is 0 Å². The summed E-state index contributed by atoms with van der Waals surface area (Å²) in [7, 11) is 1.53. The van der Waals surface area contributed by atoms with E-state index in [1.54, 1.807) is 6.92 Å². The predicted octanol–water partition coefficient (Wildman–Crippen LogP) is 0.520. The molecule has 6 heteroatoms. The molecule has 3 aliphatic rings. The molecule has 0 aromatic heterocycles. The van der Waals surface area contributed by atoms with E-state index in [2.05, 4.69) is 6.58 Å². The largest absolute Gasteiger partial charge is 0.456 e. The zero-order valence-corrected chi connectivity index (χ0v) is 13.5. The maximum absolute atomic E-state index is 12.8. The summed E-state index contributed by atoms with van der Waals surface area (Å²) in [4.78, 5) is 36.6. The first-order valence-electron chi connectivity index (χ1n) is 7.88. The van der Waals surface area contributed by atoms with Crippen LogP contribution in [0.2, 0.25) is 0 Å². The second kappa shape index (κ2) is 5.24. The second-order valence-corrected chi connectivity index (χ2v) is 7.14. The maximum Gasteiger partial charge on any atom is 0.334 e. The van der Waals surface area contributed by atoms with Crippen molar-refractivity contribution >= 4 is 18.0 Å². The van der Waals surface area contributed by atoms with Gasteiger partial charge in [0, 0.05) is 42.3 Å². The van der Waals surface area contributed by atoms with Crippen molar-refractivity contribution in [1.29, 1.82) is 0 Å². The standard InChI is InChI=1S/C17H22O6/c1-7-12-9(6-18)17(3)11(19)5-10(22-4)13(17)8(2)14(20)15(12)23-16(7)21/h6,8-10,12-15,20H,1,5H2,2-4H3. The minimum atomic E-state index is -1.00. The van der Waals surface area contributed by atoms with Gasteiger partial charge in [-0.15, -0.1) is 0 Å². The minimum absolute atomic E-state index is 0.0710. The number of methoxy groups -OCH3 is 1. The van der Waals surface area contributed by atoms with Crippen LogP contribution >= 0.6 is 0 Å². The van der Waals surface area contributed by atoms with Gasteiger partial charge in [0.15, 0.2) is 0 Å². The van der Waals surface area contributed by atoms with Crippen LogP contribution in [-0.2, 0) is 23.9 Å². The van der Waals surface area contributed by atoms with Gasteiger partial charge in [0.2, 0.25) is 0 Å². The number of rotatable bonds is 2. The van der Waals surface area contributed by atoms with Crippen molar-refractivity contribution in [3.05, 3.63) is 12.2 Å². The number of carbonyl (C=O) groups excluding carboxylic acids is 3. The number of esters is 1. The molecule has 23 heavy (non-hydrogen) atoms. The smallest absolute Gasteiger partial charge is 0.334 e. The molecule has 1 N–H and O–H groups in total. The molecule has 0 aromatic carbocycles. The summed E-state index contributed by atoms with van der Waals surface area (Å²) in [5, 5.41) is 10.7. The molecule has 0 radical (unpaired) electrons. The lowest BCUT2D eigenvalue weighted by molar-refractivity contribution is -0.147. The number of carbonyl (C=O) groups is 3. The lowest BCUT2D eigenvalue weighted by Crippen LogP contribution is -2.45. The van der Waals surface area contributed by atoms with Crippen molar-refractivity contribution in [1.82, 2.24) is 0 Å². The van der Waals surface area contributed by atoms with Crippen molar-refractivity contribution in [2.75, 3.05) is 7.11 Å². The van der Waals surface area contributed by atoms with Gasteiger partial charge in [0.05, 0.1) is 12.2 Å². The summed E-state index contributed by atoms with van der Waals surface area (Å²) >= 11 is 0. The Kier molecular flexibility index (Phi) is 3.72. The third kappa shape index (κ3) is 1.91. The number of aldehydes is 1. The molecule has 0 amide bonds. The minimum Gasteiger partial charge on any atom is -0.456 e. The Balaban J connectivity index is 2.18. The highest BCUT2D eigenvalue weighted by atomic mass is 16.6. The molecule has 3 fully saturated rings. The molecule has 2 saturated carbocycles. The third-order valence-corrected chi connectivity index (χ3v) is 6.31. The monoisotopic (exact) mass is 322 g/mol. The van der Waals surface area contributed by atoms with Crippen molar-refractivity contribution in [2.24, 2.45) is 29.1 Å². The van der Waals surface area contributed by atoms with Gasteiger partial charge in [-0.1, -0.05) is 20.4 Å². The van der Waals surface area contributed by atoms with Crippen LogP contribution in [0.1, 0.15) is 20.3 Å². The van der Waals surface area contributed by atoms with Crippen LogP contribution in [0.3, 0.4) is 0 Å². The molecule has 6 nitrogen and oxygen atoms in total. The van der Waals surface area contributed by atoms with Crippen LogP contribution in [0.5, 0.6) is 0 Å². The summed E-state index contributed by atoms with van der Waals surface area (Å²) < 4.78 is 10.8. The van der Waals surface area contributed by atoms with Crippen molar-refractivity contribution in [2.45, 2.75) is 38.6 Å². The van der Waals surface area contributed by atoms with Gasteiger partial charge in [-0.3, -0.25) is 4.79 Å². The Morgan fingerprint density at radius 3 is 2.65 bits per heavy atom. The topological polar surface area (TPSA) is 89.9 Å². The highest BCUT2D eigenvalue weighted by Gasteiger charge is 2.66. The van der Waals surface area contributed by atoms with E-state index in [4.69, 9.17) is 9.47 Å². The second-order valence-electron chi connectivity index (χ2n) is 7.14. The highest BCUT2D eigenvalue weighted by molar-refractivity contribution is 5.95. The number of aliphatic hydroxyl groups is 1. The number of Topliss-reactive ketones (excluding diaryl/α,β-unsaturated/α-hetero) is 1. The molecule has 1 heterocycles. The van der Waals surface area contributed by atoms with Gasteiger partial charge in [0.1, 0.15) is 18.2 Å². The lowest BCUT2D eigenvalue weighted by atomic mass is 9.63. The Bertz CT molecular complexity index is 584. The zero-order chi connectivity index (χ0) is 17.1. The molecule has 0 aromatic rings. The quantitative estimate of drug-likeness (QED) is 0.453. The summed E-state index contributed by atoms with van der Waals surface area (Å²) in [6, 6.07) is 0. The average Bonchev–Trinajstić information content (AvgIpc) is 2.93. The van der Waals surface area contributed by atoms with Crippen LogP contribution in [-0.4, -0.2) is 48.6 Å². The van der Waals surface area contributed by atoms with E-state index < -0.39 is 35.4 Å².